The molecule has 2 rings (SSSR count). The van der Waals surface area contributed by atoms with E-state index in [1.54, 1.807) is 4.68 Å². The van der Waals surface area contributed by atoms with Crippen LogP contribution in [0.4, 0.5) is 11.5 Å². The number of halogens is 1. The molecule has 1 heterocycles. The first-order valence-corrected chi connectivity index (χ1v) is 6.55. The van der Waals surface area contributed by atoms with Gasteiger partial charge in [0.05, 0.1) is 11.3 Å². The molecule has 1 aromatic carbocycles. The number of nitrogens with zero attached hydrogens (tertiary/aromatic N) is 2. The third-order valence-corrected chi connectivity index (χ3v) is 3.35. The van der Waals surface area contributed by atoms with Gasteiger partial charge in [0.25, 0.3) is 0 Å². The molecule has 0 saturated heterocycles. The number of rotatable bonds is 3. The van der Waals surface area contributed by atoms with E-state index in [2.05, 4.69) is 10.4 Å². The SMILES string of the molecule is Cc1cc(Cl)ccc1Nc1c(C(N)=S)c(C)nn1C. The zero-order valence-corrected chi connectivity index (χ0v) is 12.6. The van der Waals surface area contributed by atoms with Gasteiger partial charge in [-0.05, 0) is 37.6 Å². The molecular weight excluding hydrogens is 280 g/mol. The van der Waals surface area contributed by atoms with Crippen molar-refractivity contribution in [3.63, 3.8) is 0 Å². The molecule has 2 aromatic rings. The van der Waals surface area contributed by atoms with Gasteiger partial charge in [-0.25, -0.2) is 0 Å². The van der Waals surface area contributed by atoms with E-state index >= 15 is 0 Å². The van der Waals surface area contributed by atoms with E-state index in [-0.39, 0.29) is 0 Å². The molecule has 0 aliphatic carbocycles. The maximum Gasteiger partial charge on any atom is 0.138 e. The average molecular weight is 295 g/mol. The third kappa shape index (κ3) is 2.72. The van der Waals surface area contributed by atoms with Gasteiger partial charge in [-0.1, -0.05) is 23.8 Å². The second-order valence-corrected chi connectivity index (χ2v) is 5.26. The molecule has 0 saturated carbocycles. The van der Waals surface area contributed by atoms with E-state index in [4.69, 9.17) is 29.6 Å². The van der Waals surface area contributed by atoms with Crippen LogP contribution in [0.1, 0.15) is 16.8 Å². The monoisotopic (exact) mass is 294 g/mol. The topological polar surface area (TPSA) is 55.9 Å². The largest absolute Gasteiger partial charge is 0.389 e. The maximum atomic E-state index is 5.95. The Hall–Kier alpha value is -1.59. The molecule has 0 spiro atoms. The highest BCUT2D eigenvalue weighted by Gasteiger charge is 2.16. The number of nitrogens with two attached hydrogens (primary N) is 1. The first-order chi connectivity index (χ1) is 8.90. The zero-order chi connectivity index (χ0) is 14.2. The molecule has 6 heteroatoms. The lowest BCUT2D eigenvalue weighted by atomic mass is 10.2. The van der Waals surface area contributed by atoms with E-state index in [0.717, 1.165) is 28.3 Å². The van der Waals surface area contributed by atoms with Gasteiger partial charge in [0.2, 0.25) is 0 Å². The van der Waals surface area contributed by atoms with E-state index in [0.29, 0.717) is 10.0 Å². The number of hydrogen-bond acceptors (Lipinski definition) is 3. The average Bonchev–Trinajstić information content (AvgIpc) is 2.57. The van der Waals surface area contributed by atoms with Crippen LogP contribution in [-0.4, -0.2) is 14.8 Å². The minimum absolute atomic E-state index is 0.333. The van der Waals surface area contributed by atoms with E-state index in [1.807, 2.05) is 39.1 Å². The number of hydrogen-bond donors (Lipinski definition) is 2. The third-order valence-electron chi connectivity index (χ3n) is 2.91. The maximum absolute atomic E-state index is 5.95. The van der Waals surface area contributed by atoms with Crippen molar-refractivity contribution in [3.05, 3.63) is 40.0 Å². The highest BCUT2D eigenvalue weighted by Crippen LogP contribution is 2.26. The van der Waals surface area contributed by atoms with Gasteiger partial charge in [0.15, 0.2) is 0 Å². The lowest BCUT2D eigenvalue weighted by Crippen LogP contribution is -2.13. The fraction of sp³-hybridized carbons (Fsp3) is 0.231. The molecule has 0 atom stereocenters. The van der Waals surface area contributed by atoms with Gasteiger partial charge in [0, 0.05) is 17.8 Å². The summed E-state index contributed by atoms with van der Waals surface area (Å²) in [7, 11) is 1.85. The summed E-state index contributed by atoms with van der Waals surface area (Å²) in [5, 5.41) is 8.36. The molecule has 4 nitrogen and oxygen atoms in total. The van der Waals surface area contributed by atoms with Gasteiger partial charge < -0.3 is 11.1 Å². The Bertz CT molecular complexity index is 648. The molecule has 100 valence electrons. The standard InChI is InChI=1S/C13H15ClN4S/c1-7-6-9(14)4-5-10(7)16-13-11(12(15)19)8(2)17-18(13)3/h4-6,16H,1-3H3,(H2,15,19). The lowest BCUT2D eigenvalue weighted by molar-refractivity contribution is 0.765. The lowest BCUT2D eigenvalue weighted by Gasteiger charge is -2.12. The number of aromatic nitrogens is 2. The van der Waals surface area contributed by atoms with Crippen molar-refractivity contribution in [2.24, 2.45) is 12.8 Å². The first kappa shape index (κ1) is 13.8. The molecule has 3 N–H and O–H groups in total. The Labute approximate surface area is 122 Å². The Morgan fingerprint density at radius 2 is 2.11 bits per heavy atom. The second-order valence-electron chi connectivity index (χ2n) is 4.38. The van der Waals surface area contributed by atoms with Gasteiger partial charge in [0.1, 0.15) is 10.8 Å². The number of anilines is 2. The number of benzene rings is 1. The van der Waals surface area contributed by atoms with Crippen LogP contribution < -0.4 is 11.1 Å². The van der Waals surface area contributed by atoms with Crippen molar-refractivity contribution in [1.82, 2.24) is 9.78 Å². The van der Waals surface area contributed by atoms with Crippen LogP contribution in [0.5, 0.6) is 0 Å². The molecule has 0 aliphatic rings. The van der Waals surface area contributed by atoms with Crippen molar-refractivity contribution in [1.29, 1.82) is 0 Å². The van der Waals surface area contributed by atoms with Gasteiger partial charge in [-0.2, -0.15) is 5.10 Å². The van der Waals surface area contributed by atoms with Gasteiger partial charge >= 0.3 is 0 Å². The van der Waals surface area contributed by atoms with Crippen molar-refractivity contribution >= 4 is 40.3 Å². The zero-order valence-electron chi connectivity index (χ0n) is 11.0. The first-order valence-electron chi connectivity index (χ1n) is 5.76. The van der Waals surface area contributed by atoms with Crippen LogP contribution in [0.25, 0.3) is 0 Å². The number of nitrogens with one attached hydrogen (secondary N) is 1. The normalized spacial score (nSPS) is 10.5. The van der Waals surface area contributed by atoms with Crippen LogP contribution in [0.15, 0.2) is 18.2 Å². The summed E-state index contributed by atoms with van der Waals surface area (Å²) in [6.07, 6.45) is 0. The van der Waals surface area contributed by atoms with E-state index in [9.17, 15) is 0 Å². The van der Waals surface area contributed by atoms with Crippen LogP contribution in [0, 0.1) is 13.8 Å². The molecule has 19 heavy (non-hydrogen) atoms. The molecule has 0 radical (unpaired) electrons. The summed E-state index contributed by atoms with van der Waals surface area (Å²) in [6, 6.07) is 5.65. The molecule has 0 bridgehead atoms. The predicted molar refractivity (Wildman–Crippen MR) is 83.3 cm³/mol. The Balaban J connectivity index is 2.46. The van der Waals surface area contributed by atoms with Gasteiger partial charge in [-0.15, -0.1) is 0 Å². The summed E-state index contributed by atoms with van der Waals surface area (Å²) in [4.78, 5) is 0.333. The molecule has 0 aliphatic heterocycles. The Kier molecular flexibility index (Phi) is 3.78. The minimum Gasteiger partial charge on any atom is -0.389 e. The van der Waals surface area contributed by atoms with E-state index in [1.165, 1.54) is 0 Å². The highest BCUT2D eigenvalue weighted by atomic mass is 35.5. The molecule has 0 fully saturated rings. The van der Waals surface area contributed by atoms with Crippen LogP contribution in [-0.2, 0) is 7.05 Å². The molecular formula is C13H15ClN4S. The Morgan fingerprint density at radius 1 is 1.42 bits per heavy atom. The van der Waals surface area contributed by atoms with Crippen LogP contribution in [0.2, 0.25) is 5.02 Å². The number of aryl methyl sites for hydroxylation is 3. The molecule has 0 unspecified atom stereocenters. The summed E-state index contributed by atoms with van der Waals surface area (Å²) >= 11 is 11.0. The fourth-order valence-electron chi connectivity index (χ4n) is 1.99. The number of thiocarbonyl (C=S) groups is 1. The predicted octanol–water partition coefficient (Wildman–Crippen LogP) is 3.07. The summed E-state index contributed by atoms with van der Waals surface area (Å²) in [5.41, 5.74) is 9.33. The quantitative estimate of drug-likeness (QED) is 0.854. The van der Waals surface area contributed by atoms with Crippen LogP contribution >= 0.6 is 23.8 Å². The smallest absolute Gasteiger partial charge is 0.138 e. The van der Waals surface area contributed by atoms with Gasteiger partial charge in [-0.3, -0.25) is 4.68 Å². The van der Waals surface area contributed by atoms with Crippen LogP contribution in [0.3, 0.4) is 0 Å². The van der Waals surface area contributed by atoms with E-state index < -0.39 is 0 Å². The molecule has 1 aromatic heterocycles. The van der Waals surface area contributed by atoms with Crippen molar-refractivity contribution < 1.29 is 0 Å². The van der Waals surface area contributed by atoms with Crippen molar-refractivity contribution in [2.75, 3.05) is 5.32 Å². The summed E-state index contributed by atoms with van der Waals surface area (Å²) in [5.74, 6) is 0.787. The summed E-state index contributed by atoms with van der Waals surface area (Å²) < 4.78 is 1.73. The minimum atomic E-state index is 0.333. The molecule has 0 amide bonds. The highest BCUT2D eigenvalue weighted by molar-refractivity contribution is 7.80. The fourth-order valence-corrected chi connectivity index (χ4v) is 2.46. The van der Waals surface area contributed by atoms with Crippen molar-refractivity contribution in [2.45, 2.75) is 13.8 Å². The second kappa shape index (κ2) is 5.19. The Morgan fingerprint density at radius 3 is 2.68 bits per heavy atom. The summed E-state index contributed by atoms with van der Waals surface area (Å²) in [6.45, 7) is 3.87. The van der Waals surface area contributed by atoms with Crippen molar-refractivity contribution in [3.8, 4) is 0 Å².